The fraction of sp³-hybridized carbons (Fsp3) is 0.235. The Morgan fingerprint density at radius 2 is 1.90 bits per heavy atom. The minimum Gasteiger partial charge on any atom is -0.506 e. The Kier molecular flexibility index (Phi) is 5.29. The number of hydrogen-bond acceptors (Lipinski definition) is 7. The molecule has 1 amide bonds. The topological polar surface area (TPSA) is 122 Å². The van der Waals surface area contributed by atoms with Gasteiger partial charge in [-0.25, -0.2) is 25.2 Å². The van der Waals surface area contributed by atoms with Gasteiger partial charge in [-0.1, -0.05) is 6.07 Å². The van der Waals surface area contributed by atoms with Crippen LogP contribution < -0.4 is 16.6 Å². The average Bonchev–Trinajstić information content (AvgIpc) is 2.66. The van der Waals surface area contributed by atoms with E-state index in [-0.39, 0.29) is 31.2 Å². The first-order chi connectivity index (χ1) is 13.6. The third kappa shape index (κ3) is 4.06. The number of alkyl halides is 3. The lowest BCUT2D eigenvalue weighted by atomic mass is 10.1. The molecule has 1 aliphatic rings. The smallest absolute Gasteiger partial charge is 0.419 e. The van der Waals surface area contributed by atoms with Crippen LogP contribution in [0, 0.1) is 5.82 Å². The molecule has 8 nitrogen and oxygen atoms in total. The average molecular weight is 412 g/mol. The van der Waals surface area contributed by atoms with Crippen LogP contribution >= 0.6 is 0 Å². The van der Waals surface area contributed by atoms with Gasteiger partial charge in [-0.05, 0) is 12.1 Å². The Hall–Kier alpha value is -3.41. The number of nitrogens with zero attached hydrogens (tertiary/aromatic N) is 4. The summed E-state index contributed by atoms with van der Waals surface area (Å²) in [7, 11) is 0. The lowest BCUT2D eigenvalue weighted by Crippen LogP contribution is -2.44. The summed E-state index contributed by atoms with van der Waals surface area (Å²) in [5.41, 5.74) is 4.74. The quantitative estimate of drug-likeness (QED) is 0.399. The van der Waals surface area contributed by atoms with Crippen LogP contribution in [-0.4, -0.2) is 39.0 Å². The van der Waals surface area contributed by atoms with Gasteiger partial charge in [0.15, 0.2) is 5.82 Å². The van der Waals surface area contributed by atoms with Crippen LogP contribution in [-0.2, 0) is 6.18 Å². The summed E-state index contributed by atoms with van der Waals surface area (Å²) in [4.78, 5) is 21.3. The van der Waals surface area contributed by atoms with E-state index in [1.54, 1.807) is 0 Å². The Labute approximate surface area is 162 Å². The Balaban J connectivity index is 1.82. The molecule has 3 rings (SSSR count). The fourth-order valence-corrected chi connectivity index (χ4v) is 2.89. The normalized spacial score (nSPS) is 14.9. The molecule has 0 saturated heterocycles. The molecule has 0 saturated carbocycles. The molecule has 1 aliphatic heterocycles. The van der Waals surface area contributed by atoms with Crippen molar-refractivity contribution in [3.63, 3.8) is 0 Å². The third-order valence-electron chi connectivity index (χ3n) is 4.32. The molecular weight excluding hydrogens is 396 g/mol. The van der Waals surface area contributed by atoms with E-state index in [1.165, 1.54) is 4.90 Å². The van der Waals surface area contributed by atoms with E-state index in [0.29, 0.717) is 11.8 Å². The summed E-state index contributed by atoms with van der Waals surface area (Å²) >= 11 is 0. The van der Waals surface area contributed by atoms with Gasteiger partial charge in [-0.3, -0.25) is 4.79 Å². The summed E-state index contributed by atoms with van der Waals surface area (Å²) in [6.07, 6.45) is -2.81. The van der Waals surface area contributed by atoms with E-state index in [2.05, 4.69) is 9.97 Å². The molecule has 12 heteroatoms. The van der Waals surface area contributed by atoms with Gasteiger partial charge in [0.1, 0.15) is 5.75 Å². The number of phenolic OH excluding ortho intramolecular Hbond substituents is 1. The minimum atomic E-state index is -4.80. The molecule has 0 fully saturated rings. The Morgan fingerprint density at radius 1 is 1.24 bits per heavy atom. The van der Waals surface area contributed by atoms with Crippen molar-refractivity contribution in [2.24, 2.45) is 11.6 Å². The number of para-hydroxylation sites is 1. The zero-order valence-electron chi connectivity index (χ0n) is 14.8. The number of rotatable bonds is 3. The number of aromatic nitrogens is 2. The first-order valence-corrected chi connectivity index (χ1v) is 8.28. The number of nitrogens with two attached hydrogens (primary N) is 2. The highest BCUT2D eigenvalue weighted by atomic mass is 19.4. The molecule has 2 aromatic rings. The van der Waals surface area contributed by atoms with Crippen molar-refractivity contribution in [1.82, 2.24) is 14.9 Å². The number of benzene rings is 1. The molecular formula is C17H16F4N6O2. The lowest BCUT2D eigenvalue weighted by Gasteiger charge is -2.32. The van der Waals surface area contributed by atoms with Gasteiger partial charge in [0.2, 0.25) is 5.95 Å². The first kappa shape index (κ1) is 20.3. The third-order valence-corrected chi connectivity index (χ3v) is 4.32. The fourth-order valence-electron chi connectivity index (χ4n) is 2.89. The van der Waals surface area contributed by atoms with E-state index >= 15 is 0 Å². The minimum absolute atomic E-state index is 0.0142. The number of anilines is 1. The van der Waals surface area contributed by atoms with E-state index in [1.807, 2.05) is 0 Å². The van der Waals surface area contributed by atoms with Crippen LogP contribution in [0.3, 0.4) is 0 Å². The summed E-state index contributed by atoms with van der Waals surface area (Å²) in [5.74, 6) is 3.30. The maximum absolute atomic E-state index is 13.0. The predicted octanol–water partition coefficient (Wildman–Crippen LogP) is 1.74. The second-order valence-electron chi connectivity index (χ2n) is 6.22. The van der Waals surface area contributed by atoms with Gasteiger partial charge in [-0.15, -0.1) is 0 Å². The highest BCUT2D eigenvalue weighted by Gasteiger charge is 2.36. The molecule has 0 unspecified atom stereocenters. The van der Waals surface area contributed by atoms with Crippen molar-refractivity contribution in [2.75, 3.05) is 18.1 Å². The van der Waals surface area contributed by atoms with Gasteiger partial charge >= 0.3 is 6.18 Å². The molecule has 5 N–H and O–H groups in total. The number of amides is 1. The molecule has 0 atom stereocenters. The van der Waals surface area contributed by atoms with Crippen molar-refractivity contribution in [2.45, 2.75) is 12.6 Å². The van der Waals surface area contributed by atoms with Gasteiger partial charge in [-0.2, -0.15) is 13.2 Å². The van der Waals surface area contributed by atoms with Crippen molar-refractivity contribution < 1.29 is 27.5 Å². The second-order valence-corrected chi connectivity index (χ2v) is 6.22. The van der Waals surface area contributed by atoms with Gasteiger partial charge in [0.05, 0.1) is 35.8 Å². The van der Waals surface area contributed by atoms with Crippen molar-refractivity contribution in [1.29, 1.82) is 0 Å². The monoisotopic (exact) mass is 412 g/mol. The standard InChI is InChI=1S/C17H16F4N6O2/c18-9-6-24-16(25-7-9)27(23)13-4-5-26(8-12(13)22)15(29)10-2-1-3-11(14(10)28)17(19,20)21/h1-3,6-7,28H,4-5,8,22-23H2. The Morgan fingerprint density at radius 3 is 2.48 bits per heavy atom. The number of carbonyl (C=O) groups excluding carboxylic acids is 1. The Bertz CT molecular complexity index is 961. The molecule has 154 valence electrons. The number of hydrogen-bond donors (Lipinski definition) is 3. The number of hydrazine groups is 1. The van der Waals surface area contributed by atoms with E-state index < -0.39 is 34.8 Å². The molecule has 2 heterocycles. The van der Waals surface area contributed by atoms with Crippen LogP contribution in [0.25, 0.3) is 0 Å². The highest BCUT2D eigenvalue weighted by molar-refractivity contribution is 5.97. The van der Waals surface area contributed by atoms with E-state index in [4.69, 9.17) is 11.6 Å². The van der Waals surface area contributed by atoms with Gasteiger partial charge < -0.3 is 15.7 Å². The maximum atomic E-state index is 13.0. The zero-order valence-corrected chi connectivity index (χ0v) is 14.8. The van der Waals surface area contributed by atoms with Gasteiger partial charge in [0, 0.05) is 18.7 Å². The molecule has 0 bridgehead atoms. The second kappa shape index (κ2) is 7.54. The van der Waals surface area contributed by atoms with Crippen molar-refractivity contribution in [3.8, 4) is 5.75 Å². The molecule has 0 aliphatic carbocycles. The van der Waals surface area contributed by atoms with Gasteiger partial charge in [0.25, 0.3) is 5.91 Å². The number of halogens is 4. The first-order valence-electron chi connectivity index (χ1n) is 8.28. The number of carbonyl (C=O) groups is 1. The number of aromatic hydroxyl groups is 1. The van der Waals surface area contributed by atoms with Crippen molar-refractivity contribution in [3.05, 3.63) is 58.9 Å². The van der Waals surface area contributed by atoms with Crippen LogP contribution in [0.5, 0.6) is 5.75 Å². The molecule has 0 spiro atoms. The zero-order chi connectivity index (χ0) is 21.3. The molecule has 1 aromatic carbocycles. The summed E-state index contributed by atoms with van der Waals surface area (Å²) in [6.45, 7) is -0.0712. The van der Waals surface area contributed by atoms with Crippen LogP contribution in [0.1, 0.15) is 22.3 Å². The summed E-state index contributed by atoms with van der Waals surface area (Å²) < 4.78 is 51.8. The molecule has 29 heavy (non-hydrogen) atoms. The summed E-state index contributed by atoms with van der Waals surface area (Å²) in [5, 5.41) is 11.0. The van der Waals surface area contributed by atoms with Crippen LogP contribution in [0.2, 0.25) is 0 Å². The highest BCUT2D eigenvalue weighted by Crippen LogP contribution is 2.38. The van der Waals surface area contributed by atoms with Crippen LogP contribution in [0.15, 0.2) is 42.0 Å². The summed E-state index contributed by atoms with van der Waals surface area (Å²) in [6, 6.07) is 2.82. The van der Waals surface area contributed by atoms with Crippen LogP contribution in [0.4, 0.5) is 23.5 Å². The lowest BCUT2D eigenvalue weighted by molar-refractivity contribution is -0.138. The van der Waals surface area contributed by atoms with E-state index in [0.717, 1.165) is 29.5 Å². The number of phenols is 1. The molecule has 0 radical (unpaired) electrons. The van der Waals surface area contributed by atoms with E-state index in [9.17, 15) is 27.5 Å². The SMILES string of the molecule is NC1=C(N(N)c2ncc(F)cn2)CCN(C(=O)c2cccc(C(F)(F)F)c2O)C1. The molecule has 1 aromatic heterocycles. The van der Waals surface area contributed by atoms with Crippen molar-refractivity contribution >= 4 is 11.9 Å². The largest absolute Gasteiger partial charge is 0.506 e. The maximum Gasteiger partial charge on any atom is 0.419 e. The predicted molar refractivity (Wildman–Crippen MR) is 93.5 cm³/mol.